The molecule has 0 spiro atoms. The number of rotatable bonds is 5. The van der Waals surface area contributed by atoms with E-state index in [2.05, 4.69) is 9.97 Å². The highest BCUT2D eigenvalue weighted by Gasteiger charge is 2.32. The number of hydrogen-bond donors (Lipinski definition) is 3. The molecule has 0 radical (unpaired) electrons. The van der Waals surface area contributed by atoms with Gasteiger partial charge in [0, 0.05) is 31.4 Å². The highest BCUT2D eigenvalue weighted by Crippen LogP contribution is 2.26. The van der Waals surface area contributed by atoms with Gasteiger partial charge in [-0.15, -0.1) is 0 Å². The van der Waals surface area contributed by atoms with Crippen LogP contribution in [0.15, 0.2) is 12.4 Å². The fraction of sp³-hybridized carbons (Fsp3) is 0.636. The van der Waals surface area contributed by atoms with Crippen LogP contribution in [0.3, 0.4) is 0 Å². The largest absolute Gasteiger partial charge is 0.480 e. The number of piperidine rings is 1. The molecule has 1 aliphatic rings. The number of H-pyrrole nitrogens is 1. The van der Waals surface area contributed by atoms with Crippen molar-refractivity contribution in [2.45, 2.75) is 24.8 Å². The van der Waals surface area contributed by atoms with E-state index in [0.717, 1.165) is 5.82 Å². The van der Waals surface area contributed by atoms with Crippen molar-refractivity contribution in [2.75, 3.05) is 18.8 Å². The summed E-state index contributed by atoms with van der Waals surface area (Å²) in [6, 6.07) is -1.39. The molecule has 2 heterocycles. The summed E-state index contributed by atoms with van der Waals surface area (Å²) in [7, 11) is -3.62. The van der Waals surface area contributed by atoms with E-state index >= 15 is 0 Å². The number of hydrogen-bond acceptors (Lipinski definition) is 5. The van der Waals surface area contributed by atoms with Gasteiger partial charge in [0.2, 0.25) is 10.0 Å². The van der Waals surface area contributed by atoms with Crippen LogP contribution in [-0.2, 0) is 14.8 Å². The van der Waals surface area contributed by atoms with Gasteiger partial charge in [0.1, 0.15) is 11.9 Å². The van der Waals surface area contributed by atoms with E-state index in [9.17, 15) is 13.2 Å². The Morgan fingerprint density at radius 1 is 1.55 bits per heavy atom. The minimum absolute atomic E-state index is 0.213. The van der Waals surface area contributed by atoms with Gasteiger partial charge in [0.25, 0.3) is 0 Å². The maximum atomic E-state index is 12.1. The maximum Gasteiger partial charge on any atom is 0.321 e. The van der Waals surface area contributed by atoms with Gasteiger partial charge < -0.3 is 15.8 Å². The number of sulfonamides is 1. The highest BCUT2D eigenvalue weighted by molar-refractivity contribution is 7.89. The summed E-state index contributed by atoms with van der Waals surface area (Å²) in [6.07, 6.45) is 4.73. The summed E-state index contributed by atoms with van der Waals surface area (Å²) < 4.78 is 25.4. The molecule has 1 atom stereocenters. The predicted molar refractivity (Wildman–Crippen MR) is 71.5 cm³/mol. The van der Waals surface area contributed by atoms with Crippen LogP contribution >= 0.6 is 0 Å². The van der Waals surface area contributed by atoms with Crippen molar-refractivity contribution in [3.63, 3.8) is 0 Å². The Hall–Kier alpha value is -1.45. The molecule has 8 nitrogen and oxygen atoms in total. The smallest absolute Gasteiger partial charge is 0.321 e. The molecule has 112 valence electrons. The van der Waals surface area contributed by atoms with E-state index < -0.39 is 27.8 Å². The van der Waals surface area contributed by atoms with Crippen LogP contribution in [0.25, 0.3) is 0 Å². The summed E-state index contributed by atoms with van der Waals surface area (Å²) in [5.74, 6) is -0.791. The van der Waals surface area contributed by atoms with Crippen LogP contribution < -0.4 is 5.73 Å². The summed E-state index contributed by atoms with van der Waals surface area (Å²) in [6.45, 7) is 0.722. The van der Waals surface area contributed by atoms with Gasteiger partial charge in [-0.1, -0.05) is 0 Å². The molecule has 4 N–H and O–H groups in total. The van der Waals surface area contributed by atoms with Crippen LogP contribution in [0.4, 0.5) is 0 Å². The fourth-order valence-electron chi connectivity index (χ4n) is 2.31. The molecule has 1 aromatic heterocycles. The number of imidazole rings is 1. The van der Waals surface area contributed by atoms with Gasteiger partial charge in [-0.2, -0.15) is 0 Å². The molecular formula is C11H18N4O4S. The van der Waals surface area contributed by atoms with Crippen molar-refractivity contribution in [1.29, 1.82) is 0 Å². The molecule has 1 fully saturated rings. The molecule has 9 heteroatoms. The molecule has 2 rings (SSSR count). The van der Waals surface area contributed by atoms with E-state index in [4.69, 9.17) is 10.8 Å². The van der Waals surface area contributed by atoms with Crippen molar-refractivity contribution in [3.05, 3.63) is 18.2 Å². The maximum absolute atomic E-state index is 12.1. The number of nitrogens with zero attached hydrogens (tertiary/aromatic N) is 2. The van der Waals surface area contributed by atoms with Gasteiger partial charge >= 0.3 is 5.97 Å². The zero-order valence-corrected chi connectivity index (χ0v) is 11.7. The molecule has 1 aromatic rings. The fourth-order valence-corrected chi connectivity index (χ4v) is 3.89. The van der Waals surface area contributed by atoms with Crippen LogP contribution in [-0.4, -0.2) is 58.7 Å². The van der Waals surface area contributed by atoms with E-state index in [1.807, 2.05) is 0 Å². The van der Waals surface area contributed by atoms with Crippen LogP contribution in [0.5, 0.6) is 0 Å². The number of aliphatic carboxylic acids is 1. The quantitative estimate of drug-likeness (QED) is 0.661. The van der Waals surface area contributed by atoms with Crippen LogP contribution in [0.1, 0.15) is 24.6 Å². The van der Waals surface area contributed by atoms with Crippen LogP contribution in [0, 0.1) is 0 Å². The Morgan fingerprint density at radius 2 is 2.20 bits per heavy atom. The van der Waals surface area contributed by atoms with E-state index in [1.165, 1.54) is 4.31 Å². The van der Waals surface area contributed by atoms with Crippen molar-refractivity contribution in [3.8, 4) is 0 Å². The Balaban J connectivity index is 1.94. The number of aromatic nitrogens is 2. The number of nitrogens with two attached hydrogens (primary N) is 1. The lowest BCUT2D eigenvalue weighted by atomic mass is 9.98. The third kappa shape index (κ3) is 3.35. The minimum Gasteiger partial charge on any atom is -0.480 e. The number of carbonyl (C=O) groups is 1. The molecule has 0 aromatic carbocycles. The summed E-state index contributed by atoms with van der Waals surface area (Å²) in [4.78, 5) is 17.9. The predicted octanol–water partition coefficient (Wildman–Crippen LogP) is -0.669. The second-order valence-electron chi connectivity index (χ2n) is 4.87. The van der Waals surface area contributed by atoms with E-state index in [1.54, 1.807) is 12.4 Å². The molecule has 0 amide bonds. The number of nitrogens with one attached hydrogen (secondary N) is 1. The van der Waals surface area contributed by atoms with E-state index in [-0.39, 0.29) is 5.92 Å². The molecule has 20 heavy (non-hydrogen) atoms. The Morgan fingerprint density at radius 3 is 2.70 bits per heavy atom. The summed E-state index contributed by atoms with van der Waals surface area (Å²) >= 11 is 0. The second kappa shape index (κ2) is 5.90. The second-order valence-corrected chi connectivity index (χ2v) is 6.88. The average molecular weight is 302 g/mol. The number of carboxylic acid groups (broad SMARTS) is 1. The minimum atomic E-state index is -3.62. The standard InChI is InChI=1S/C11H18N4O4S/c12-9(11(16)17)7-20(18,19)15-5-1-8(2-6-15)10-13-3-4-14-10/h3-4,8-9H,1-2,5-7,12H2,(H,13,14)(H,16,17)/t9-/m0/s1. The van der Waals surface area contributed by atoms with Crippen molar-refractivity contribution in [2.24, 2.45) is 5.73 Å². The molecule has 0 saturated carbocycles. The topological polar surface area (TPSA) is 129 Å². The Bertz CT molecular complexity index is 549. The first-order valence-corrected chi connectivity index (χ1v) is 7.96. The molecule has 0 aliphatic carbocycles. The lowest BCUT2D eigenvalue weighted by Crippen LogP contribution is -2.45. The van der Waals surface area contributed by atoms with E-state index in [0.29, 0.717) is 25.9 Å². The Labute approximate surface area is 117 Å². The third-order valence-corrected chi connectivity index (χ3v) is 5.39. The zero-order chi connectivity index (χ0) is 14.8. The van der Waals surface area contributed by atoms with Crippen LogP contribution in [0.2, 0.25) is 0 Å². The van der Waals surface area contributed by atoms with Gasteiger partial charge in [0.15, 0.2) is 0 Å². The van der Waals surface area contributed by atoms with Crippen molar-refractivity contribution >= 4 is 16.0 Å². The summed E-state index contributed by atoms with van der Waals surface area (Å²) in [5.41, 5.74) is 5.29. The molecule has 1 aliphatic heterocycles. The SMILES string of the molecule is N[C@@H](CS(=O)(=O)N1CCC(c2ncc[nH]2)CC1)C(=O)O. The first kappa shape index (κ1) is 14.9. The lowest BCUT2D eigenvalue weighted by molar-refractivity contribution is -0.137. The lowest BCUT2D eigenvalue weighted by Gasteiger charge is -2.30. The number of aromatic amines is 1. The molecule has 0 unspecified atom stereocenters. The van der Waals surface area contributed by atoms with Gasteiger partial charge in [-0.25, -0.2) is 17.7 Å². The number of carboxylic acids is 1. The van der Waals surface area contributed by atoms with Gasteiger partial charge in [-0.3, -0.25) is 4.79 Å². The first-order chi connectivity index (χ1) is 9.40. The van der Waals surface area contributed by atoms with Crippen molar-refractivity contribution in [1.82, 2.24) is 14.3 Å². The third-order valence-electron chi connectivity index (χ3n) is 3.46. The Kier molecular flexibility index (Phi) is 4.41. The van der Waals surface area contributed by atoms with Gasteiger partial charge in [-0.05, 0) is 12.8 Å². The highest BCUT2D eigenvalue weighted by atomic mass is 32.2. The molecule has 0 bridgehead atoms. The zero-order valence-electron chi connectivity index (χ0n) is 10.9. The molecule has 1 saturated heterocycles. The molecular weight excluding hydrogens is 284 g/mol. The summed E-state index contributed by atoms with van der Waals surface area (Å²) in [5, 5.41) is 8.69. The monoisotopic (exact) mass is 302 g/mol. The van der Waals surface area contributed by atoms with Crippen molar-refractivity contribution < 1.29 is 18.3 Å². The van der Waals surface area contributed by atoms with Gasteiger partial charge in [0.05, 0.1) is 5.75 Å². The normalized spacial score (nSPS) is 19.9. The average Bonchev–Trinajstić information content (AvgIpc) is 2.92. The first-order valence-electron chi connectivity index (χ1n) is 6.35.